The van der Waals surface area contributed by atoms with E-state index in [0.29, 0.717) is 5.92 Å². The zero-order chi connectivity index (χ0) is 11.4. The van der Waals surface area contributed by atoms with Crippen LogP contribution in [0.4, 0.5) is 0 Å². The van der Waals surface area contributed by atoms with Gasteiger partial charge in [0.25, 0.3) is 0 Å². The van der Waals surface area contributed by atoms with Crippen LogP contribution in [0.2, 0.25) is 0 Å². The molecule has 0 aliphatic rings. The average molecular weight is 206 g/mol. The van der Waals surface area contributed by atoms with Gasteiger partial charge in [-0.2, -0.15) is 0 Å². The third-order valence-electron chi connectivity index (χ3n) is 3.07. The average Bonchev–Trinajstić information content (AvgIpc) is 2.19. The van der Waals surface area contributed by atoms with Gasteiger partial charge in [0.05, 0.1) is 6.10 Å². The van der Waals surface area contributed by atoms with Crippen LogP contribution in [0.3, 0.4) is 0 Å². The Balaban J connectivity index is 2.55. The second-order valence-corrected chi connectivity index (χ2v) is 4.77. The minimum Gasteiger partial charge on any atom is -0.393 e. The van der Waals surface area contributed by atoms with Crippen LogP contribution in [-0.2, 0) is 6.42 Å². The summed E-state index contributed by atoms with van der Waals surface area (Å²) in [6.07, 6.45) is 1.66. The maximum Gasteiger partial charge on any atom is 0.0566 e. The van der Waals surface area contributed by atoms with Gasteiger partial charge in [0.15, 0.2) is 0 Å². The summed E-state index contributed by atoms with van der Waals surface area (Å²) >= 11 is 0. The number of benzene rings is 1. The van der Waals surface area contributed by atoms with Crippen LogP contribution in [0.15, 0.2) is 18.2 Å². The van der Waals surface area contributed by atoms with Crippen molar-refractivity contribution in [1.82, 2.24) is 0 Å². The predicted octanol–water partition coefficient (Wildman–Crippen LogP) is 3.25. The summed E-state index contributed by atoms with van der Waals surface area (Å²) in [5, 5.41) is 9.71. The van der Waals surface area contributed by atoms with Crippen molar-refractivity contribution in [2.75, 3.05) is 0 Å². The van der Waals surface area contributed by atoms with Crippen molar-refractivity contribution in [1.29, 1.82) is 0 Å². The fraction of sp³-hybridized carbons (Fsp3) is 0.571. The van der Waals surface area contributed by atoms with Gasteiger partial charge in [0, 0.05) is 0 Å². The van der Waals surface area contributed by atoms with E-state index in [1.54, 1.807) is 0 Å². The molecular weight excluding hydrogens is 184 g/mol. The molecule has 0 radical (unpaired) electrons. The van der Waals surface area contributed by atoms with E-state index >= 15 is 0 Å². The van der Waals surface area contributed by atoms with Crippen LogP contribution in [0.5, 0.6) is 0 Å². The molecule has 0 bridgehead atoms. The number of aliphatic hydroxyl groups excluding tert-OH is 1. The van der Waals surface area contributed by atoms with Gasteiger partial charge in [-0.1, -0.05) is 32.0 Å². The first-order valence-corrected chi connectivity index (χ1v) is 5.75. The van der Waals surface area contributed by atoms with Gasteiger partial charge in [0.2, 0.25) is 0 Å². The van der Waals surface area contributed by atoms with E-state index in [-0.39, 0.29) is 6.10 Å². The fourth-order valence-electron chi connectivity index (χ4n) is 1.61. The van der Waals surface area contributed by atoms with Gasteiger partial charge in [-0.3, -0.25) is 0 Å². The van der Waals surface area contributed by atoms with Crippen molar-refractivity contribution < 1.29 is 5.11 Å². The SMILES string of the molecule is Cc1ccc(CCC(O)C(C)C)cc1C. The van der Waals surface area contributed by atoms with Gasteiger partial charge in [-0.25, -0.2) is 0 Å². The summed E-state index contributed by atoms with van der Waals surface area (Å²) in [7, 11) is 0. The molecular formula is C14H22O. The molecule has 0 saturated heterocycles. The molecule has 0 aromatic heterocycles. The molecule has 1 heteroatoms. The zero-order valence-corrected chi connectivity index (χ0v) is 10.2. The van der Waals surface area contributed by atoms with E-state index in [4.69, 9.17) is 0 Å². The van der Waals surface area contributed by atoms with Crippen molar-refractivity contribution in [3.8, 4) is 0 Å². The molecule has 0 amide bonds. The molecule has 1 aromatic carbocycles. The number of hydrogen-bond donors (Lipinski definition) is 1. The molecule has 15 heavy (non-hydrogen) atoms. The highest BCUT2D eigenvalue weighted by atomic mass is 16.3. The maximum absolute atomic E-state index is 9.71. The first kappa shape index (κ1) is 12.3. The molecule has 1 N–H and O–H groups in total. The molecule has 1 rings (SSSR count). The number of aliphatic hydroxyl groups is 1. The summed E-state index contributed by atoms with van der Waals surface area (Å²) in [5.41, 5.74) is 4.01. The van der Waals surface area contributed by atoms with Crippen LogP contribution in [0.25, 0.3) is 0 Å². The van der Waals surface area contributed by atoms with E-state index in [1.807, 2.05) is 0 Å². The maximum atomic E-state index is 9.71. The molecule has 1 aromatic rings. The van der Waals surface area contributed by atoms with Crippen LogP contribution in [0, 0.1) is 19.8 Å². The van der Waals surface area contributed by atoms with Crippen LogP contribution in [-0.4, -0.2) is 11.2 Å². The summed E-state index contributed by atoms with van der Waals surface area (Å²) in [6, 6.07) is 6.55. The lowest BCUT2D eigenvalue weighted by Gasteiger charge is -2.14. The van der Waals surface area contributed by atoms with E-state index in [2.05, 4.69) is 45.9 Å². The largest absolute Gasteiger partial charge is 0.393 e. The molecule has 0 spiro atoms. The molecule has 0 aliphatic carbocycles. The Morgan fingerprint density at radius 2 is 1.80 bits per heavy atom. The highest BCUT2D eigenvalue weighted by Gasteiger charge is 2.08. The van der Waals surface area contributed by atoms with Gasteiger partial charge >= 0.3 is 0 Å². The Morgan fingerprint density at radius 3 is 2.33 bits per heavy atom. The Morgan fingerprint density at radius 1 is 1.13 bits per heavy atom. The molecule has 0 saturated carbocycles. The Hall–Kier alpha value is -0.820. The smallest absolute Gasteiger partial charge is 0.0566 e. The van der Waals surface area contributed by atoms with Crippen molar-refractivity contribution in [3.05, 3.63) is 34.9 Å². The molecule has 84 valence electrons. The first-order valence-electron chi connectivity index (χ1n) is 5.75. The minimum absolute atomic E-state index is 0.174. The first-order chi connectivity index (χ1) is 7.00. The molecule has 1 nitrogen and oxygen atoms in total. The van der Waals surface area contributed by atoms with Gasteiger partial charge in [0.1, 0.15) is 0 Å². The zero-order valence-electron chi connectivity index (χ0n) is 10.2. The standard InChI is InChI=1S/C14H22O/c1-10(2)14(15)8-7-13-6-5-11(3)12(4)9-13/h5-6,9-10,14-15H,7-8H2,1-4H3. The van der Waals surface area contributed by atoms with Crippen molar-refractivity contribution in [2.24, 2.45) is 5.92 Å². The lowest BCUT2D eigenvalue weighted by atomic mass is 9.97. The minimum atomic E-state index is -0.174. The van der Waals surface area contributed by atoms with Crippen molar-refractivity contribution >= 4 is 0 Å². The third-order valence-corrected chi connectivity index (χ3v) is 3.07. The lowest BCUT2D eigenvalue weighted by Crippen LogP contribution is -2.15. The number of aryl methyl sites for hydroxylation is 3. The Kier molecular flexibility index (Phi) is 4.34. The fourth-order valence-corrected chi connectivity index (χ4v) is 1.61. The highest BCUT2D eigenvalue weighted by molar-refractivity contribution is 5.29. The Bertz CT molecular complexity index is 315. The van der Waals surface area contributed by atoms with Crippen LogP contribution < -0.4 is 0 Å². The summed E-state index contributed by atoms with van der Waals surface area (Å²) in [4.78, 5) is 0. The Labute approximate surface area is 93.1 Å². The van der Waals surface area contributed by atoms with E-state index < -0.39 is 0 Å². The second kappa shape index (κ2) is 5.32. The molecule has 0 heterocycles. The van der Waals surface area contributed by atoms with Crippen molar-refractivity contribution in [3.63, 3.8) is 0 Å². The molecule has 1 atom stereocenters. The molecule has 0 fully saturated rings. The predicted molar refractivity (Wildman–Crippen MR) is 65.1 cm³/mol. The number of rotatable bonds is 4. The van der Waals surface area contributed by atoms with Gasteiger partial charge in [-0.15, -0.1) is 0 Å². The van der Waals surface area contributed by atoms with Crippen molar-refractivity contribution in [2.45, 2.75) is 46.6 Å². The third kappa shape index (κ3) is 3.67. The normalized spacial score (nSPS) is 13.2. The number of hydrogen-bond acceptors (Lipinski definition) is 1. The monoisotopic (exact) mass is 206 g/mol. The summed E-state index contributed by atoms with van der Waals surface area (Å²) in [6.45, 7) is 8.38. The topological polar surface area (TPSA) is 20.2 Å². The van der Waals surface area contributed by atoms with Gasteiger partial charge in [-0.05, 0) is 49.3 Å². The van der Waals surface area contributed by atoms with Crippen LogP contribution in [0.1, 0.15) is 37.0 Å². The van der Waals surface area contributed by atoms with E-state index in [0.717, 1.165) is 12.8 Å². The van der Waals surface area contributed by atoms with Crippen LogP contribution >= 0.6 is 0 Å². The summed E-state index contributed by atoms with van der Waals surface area (Å²) < 4.78 is 0. The lowest BCUT2D eigenvalue weighted by molar-refractivity contribution is 0.116. The molecule has 0 aliphatic heterocycles. The quantitative estimate of drug-likeness (QED) is 0.801. The molecule has 1 unspecified atom stereocenters. The highest BCUT2D eigenvalue weighted by Crippen LogP contribution is 2.14. The van der Waals surface area contributed by atoms with Gasteiger partial charge < -0.3 is 5.11 Å². The van der Waals surface area contributed by atoms with E-state index in [1.165, 1.54) is 16.7 Å². The van der Waals surface area contributed by atoms with E-state index in [9.17, 15) is 5.11 Å². The second-order valence-electron chi connectivity index (χ2n) is 4.77. The summed E-state index contributed by atoms with van der Waals surface area (Å²) in [5.74, 6) is 0.358.